The molecule has 0 radical (unpaired) electrons. The second kappa shape index (κ2) is 40.4. The van der Waals surface area contributed by atoms with Gasteiger partial charge in [0.25, 0.3) is 0 Å². The molecular weight excluding hydrogens is 668 g/mol. The molecule has 1 aromatic carbocycles. The van der Waals surface area contributed by atoms with Crippen LogP contribution in [0.15, 0.2) is 24.3 Å². The molecule has 0 N–H and O–H groups in total. The number of carbonyl (C=O) groups is 1. The number of aryl methyl sites for hydroxylation is 1. The first-order valence-electron chi connectivity index (χ1n) is 20.3. The number of esters is 1. The summed E-state index contributed by atoms with van der Waals surface area (Å²) < 4.78 is 55.0. The molecule has 0 aliphatic carbocycles. The Balaban J connectivity index is 1.70. The zero-order valence-electron chi connectivity index (χ0n) is 32.9. The lowest BCUT2D eigenvalue weighted by atomic mass is 10.0. The fourth-order valence-corrected chi connectivity index (χ4v) is 5.06. The van der Waals surface area contributed by atoms with Crippen molar-refractivity contribution in [2.75, 3.05) is 119 Å². The lowest BCUT2D eigenvalue weighted by molar-refractivity contribution is -0.145. The van der Waals surface area contributed by atoms with Gasteiger partial charge in [-0.25, -0.2) is 0 Å². The van der Waals surface area contributed by atoms with Crippen molar-refractivity contribution >= 4 is 5.97 Å². The maximum absolute atomic E-state index is 11.7. The smallest absolute Gasteiger partial charge is 0.305 e. The van der Waals surface area contributed by atoms with Gasteiger partial charge in [0.1, 0.15) is 19.0 Å². The third kappa shape index (κ3) is 35.2. The van der Waals surface area contributed by atoms with Crippen molar-refractivity contribution in [1.29, 1.82) is 0 Å². The summed E-state index contributed by atoms with van der Waals surface area (Å²) in [5.74, 6) is 0.743. The highest BCUT2D eigenvalue weighted by Gasteiger charge is 2.03. The monoisotopic (exact) mass is 743 g/mol. The van der Waals surface area contributed by atoms with Crippen LogP contribution in [0.3, 0.4) is 0 Å². The summed E-state index contributed by atoms with van der Waals surface area (Å²) in [4.78, 5) is 11.7. The maximum Gasteiger partial charge on any atom is 0.305 e. The molecule has 0 amide bonds. The molecule has 0 bridgehead atoms. The Morgan fingerprint density at radius 2 is 0.750 bits per heavy atom. The van der Waals surface area contributed by atoms with Crippen LogP contribution in [0.25, 0.3) is 0 Å². The largest absolute Gasteiger partial charge is 0.491 e. The van der Waals surface area contributed by atoms with Gasteiger partial charge < -0.3 is 47.4 Å². The topological polar surface area (TPSA) is 109 Å². The van der Waals surface area contributed by atoms with E-state index in [1.807, 2.05) is 12.1 Å². The molecule has 0 saturated carbocycles. The second-order valence-electron chi connectivity index (χ2n) is 12.6. The molecule has 11 nitrogen and oxygen atoms in total. The molecule has 0 unspecified atom stereocenters. The van der Waals surface area contributed by atoms with Crippen LogP contribution >= 0.6 is 0 Å². The zero-order chi connectivity index (χ0) is 37.3. The molecule has 0 spiro atoms. The quantitative estimate of drug-likeness (QED) is 0.0494. The Labute approximate surface area is 316 Å². The third-order valence-electron chi connectivity index (χ3n) is 8.07. The highest BCUT2D eigenvalue weighted by atomic mass is 16.6. The van der Waals surface area contributed by atoms with Crippen LogP contribution in [0, 0.1) is 0 Å². The Kier molecular flexibility index (Phi) is 37.4. The number of carbonyl (C=O) groups excluding carboxylic acids is 1. The van der Waals surface area contributed by atoms with Crippen molar-refractivity contribution in [3.05, 3.63) is 29.8 Å². The van der Waals surface area contributed by atoms with Crippen LogP contribution in [0.1, 0.15) is 103 Å². The SMILES string of the molecule is CCCCCCCCC(=O)OCCOCCOCCOCCOCCOCCOCCOCCOCCOc1ccc(CCCCCCCC)cc1. The van der Waals surface area contributed by atoms with E-state index >= 15 is 0 Å². The minimum absolute atomic E-state index is 0.141. The molecule has 0 saturated heterocycles. The van der Waals surface area contributed by atoms with E-state index in [2.05, 4.69) is 26.0 Å². The molecule has 11 heteroatoms. The van der Waals surface area contributed by atoms with E-state index in [0.717, 1.165) is 25.0 Å². The number of hydrogen-bond donors (Lipinski definition) is 0. The van der Waals surface area contributed by atoms with Gasteiger partial charge in [0.15, 0.2) is 0 Å². The van der Waals surface area contributed by atoms with E-state index in [9.17, 15) is 4.79 Å². The van der Waals surface area contributed by atoms with Crippen molar-refractivity contribution in [3.8, 4) is 5.75 Å². The zero-order valence-corrected chi connectivity index (χ0v) is 32.9. The van der Waals surface area contributed by atoms with Crippen molar-refractivity contribution in [3.63, 3.8) is 0 Å². The molecular formula is C41H74O11. The normalized spacial score (nSPS) is 11.3. The van der Waals surface area contributed by atoms with Crippen molar-refractivity contribution in [1.82, 2.24) is 0 Å². The minimum Gasteiger partial charge on any atom is -0.491 e. The van der Waals surface area contributed by atoms with Crippen LogP contribution in [0.4, 0.5) is 0 Å². The molecule has 1 aromatic rings. The summed E-state index contributed by atoms with van der Waals surface area (Å²) >= 11 is 0. The van der Waals surface area contributed by atoms with E-state index < -0.39 is 0 Å². The van der Waals surface area contributed by atoms with Gasteiger partial charge in [0.05, 0.1) is 106 Å². The average Bonchev–Trinajstić information content (AvgIpc) is 3.16. The van der Waals surface area contributed by atoms with Gasteiger partial charge in [-0.1, -0.05) is 90.2 Å². The van der Waals surface area contributed by atoms with Crippen molar-refractivity contribution in [2.45, 2.75) is 104 Å². The molecule has 0 atom stereocenters. The molecule has 0 heterocycles. The standard InChI is InChI=1S/C41H74O11/c1-3-5-7-9-11-13-15-39-17-19-40(20-18-39)51-37-35-49-33-31-47-29-27-45-25-23-43-21-22-44-24-26-46-28-30-48-32-34-50-36-38-52-41(42)16-14-12-10-8-6-4-2/h17-20H,3-16,21-38H2,1-2H3. The van der Waals surface area contributed by atoms with Gasteiger partial charge in [0, 0.05) is 6.42 Å². The molecule has 1 rings (SSSR count). The molecule has 0 aliphatic rings. The van der Waals surface area contributed by atoms with Gasteiger partial charge in [-0.3, -0.25) is 4.79 Å². The predicted molar refractivity (Wildman–Crippen MR) is 205 cm³/mol. The third-order valence-corrected chi connectivity index (χ3v) is 8.07. The van der Waals surface area contributed by atoms with Gasteiger partial charge in [-0.05, 0) is 37.0 Å². The summed E-state index contributed by atoms with van der Waals surface area (Å²) in [5.41, 5.74) is 1.38. The minimum atomic E-state index is -0.141. The van der Waals surface area contributed by atoms with Gasteiger partial charge >= 0.3 is 5.97 Å². The fourth-order valence-electron chi connectivity index (χ4n) is 5.06. The fraction of sp³-hybridized carbons (Fsp3) is 0.829. The molecule has 304 valence electrons. The number of benzene rings is 1. The summed E-state index contributed by atoms with van der Waals surface area (Å²) in [5, 5.41) is 0. The highest BCUT2D eigenvalue weighted by molar-refractivity contribution is 5.69. The van der Waals surface area contributed by atoms with E-state index in [1.54, 1.807) is 0 Å². The summed E-state index contributed by atoms with van der Waals surface area (Å²) in [6, 6.07) is 8.43. The first-order chi connectivity index (χ1) is 25.8. The molecule has 52 heavy (non-hydrogen) atoms. The van der Waals surface area contributed by atoms with Crippen LogP contribution in [0.2, 0.25) is 0 Å². The van der Waals surface area contributed by atoms with Gasteiger partial charge in [0.2, 0.25) is 0 Å². The lowest BCUT2D eigenvalue weighted by Gasteiger charge is -2.09. The van der Waals surface area contributed by atoms with Gasteiger partial charge in [-0.15, -0.1) is 0 Å². The number of unbranched alkanes of at least 4 members (excludes halogenated alkanes) is 10. The van der Waals surface area contributed by atoms with Crippen molar-refractivity contribution < 1.29 is 52.2 Å². The Morgan fingerprint density at radius 3 is 1.17 bits per heavy atom. The highest BCUT2D eigenvalue weighted by Crippen LogP contribution is 2.15. The van der Waals surface area contributed by atoms with Crippen molar-refractivity contribution in [2.24, 2.45) is 0 Å². The Hall–Kier alpha value is -1.83. The van der Waals surface area contributed by atoms with E-state index in [-0.39, 0.29) is 12.6 Å². The van der Waals surface area contributed by atoms with Crippen LogP contribution < -0.4 is 4.74 Å². The van der Waals surface area contributed by atoms with Crippen LogP contribution in [-0.4, -0.2) is 125 Å². The van der Waals surface area contributed by atoms with Gasteiger partial charge in [-0.2, -0.15) is 0 Å². The number of hydrogen-bond acceptors (Lipinski definition) is 11. The average molecular weight is 743 g/mol. The number of ether oxygens (including phenoxy) is 10. The lowest BCUT2D eigenvalue weighted by Crippen LogP contribution is -2.15. The van der Waals surface area contributed by atoms with Crippen LogP contribution in [-0.2, 0) is 53.8 Å². The summed E-state index contributed by atoms with van der Waals surface area (Å²) in [6.07, 6.45) is 16.5. The summed E-state index contributed by atoms with van der Waals surface area (Å²) in [6.45, 7) is 13.2. The first-order valence-corrected chi connectivity index (χ1v) is 20.3. The maximum atomic E-state index is 11.7. The van der Waals surface area contributed by atoms with Crippen LogP contribution in [0.5, 0.6) is 5.75 Å². The summed E-state index contributed by atoms with van der Waals surface area (Å²) in [7, 11) is 0. The first kappa shape index (κ1) is 48.2. The van der Waals surface area contributed by atoms with E-state index in [4.69, 9.17) is 47.4 Å². The number of rotatable bonds is 42. The molecule has 0 aromatic heterocycles. The van der Waals surface area contributed by atoms with E-state index in [1.165, 1.54) is 69.8 Å². The molecule has 0 fully saturated rings. The predicted octanol–water partition coefficient (Wildman–Crippen LogP) is 7.40. The Bertz CT molecular complexity index is 856. The Morgan fingerprint density at radius 1 is 0.404 bits per heavy atom. The molecule has 0 aliphatic heterocycles. The second-order valence-corrected chi connectivity index (χ2v) is 12.6. The van der Waals surface area contributed by atoms with E-state index in [0.29, 0.717) is 119 Å².